The minimum absolute atomic E-state index is 0.268. The predicted octanol–water partition coefficient (Wildman–Crippen LogP) is 4.26. The molecule has 36 heavy (non-hydrogen) atoms. The van der Waals surface area contributed by atoms with Crippen molar-refractivity contribution in [1.29, 1.82) is 0 Å². The van der Waals surface area contributed by atoms with Gasteiger partial charge in [0, 0.05) is 4.88 Å². The summed E-state index contributed by atoms with van der Waals surface area (Å²) in [4.78, 5) is 46.8. The highest BCUT2D eigenvalue weighted by atomic mass is 32.2. The molecule has 4 aromatic rings. The van der Waals surface area contributed by atoms with Crippen molar-refractivity contribution in [1.82, 2.24) is 19.7 Å². The number of rotatable bonds is 7. The molecule has 0 saturated heterocycles. The molecule has 2 N–H and O–H groups in total. The summed E-state index contributed by atoms with van der Waals surface area (Å²) in [5, 5.41) is 7.85. The van der Waals surface area contributed by atoms with Crippen LogP contribution in [0.25, 0.3) is 16.7 Å². The van der Waals surface area contributed by atoms with E-state index in [4.69, 9.17) is 4.74 Å². The fourth-order valence-corrected chi connectivity index (χ4v) is 6.25. The van der Waals surface area contributed by atoms with Gasteiger partial charge in [0.1, 0.15) is 10.4 Å². The Morgan fingerprint density at radius 3 is 2.81 bits per heavy atom. The largest absolute Gasteiger partial charge is 0.462 e. The lowest BCUT2D eigenvalue weighted by Crippen LogP contribution is -2.24. The van der Waals surface area contributed by atoms with Crippen molar-refractivity contribution in [2.24, 2.45) is 0 Å². The number of thiophene rings is 1. The summed E-state index contributed by atoms with van der Waals surface area (Å²) in [6.07, 6.45) is 4.18. The van der Waals surface area contributed by atoms with Crippen LogP contribution in [0.1, 0.15) is 46.6 Å². The van der Waals surface area contributed by atoms with E-state index in [9.17, 15) is 14.4 Å². The molecule has 1 amide bonds. The first-order valence-electron chi connectivity index (χ1n) is 11.7. The van der Waals surface area contributed by atoms with E-state index < -0.39 is 11.2 Å². The number of anilines is 1. The van der Waals surface area contributed by atoms with Crippen LogP contribution in [0.2, 0.25) is 0 Å². The van der Waals surface area contributed by atoms with Crippen LogP contribution in [0.15, 0.2) is 40.4 Å². The van der Waals surface area contributed by atoms with Gasteiger partial charge >= 0.3 is 5.97 Å². The number of amides is 1. The lowest BCUT2D eigenvalue weighted by molar-refractivity contribution is -0.115. The van der Waals surface area contributed by atoms with Crippen LogP contribution in [0.5, 0.6) is 0 Å². The Morgan fingerprint density at radius 2 is 2.06 bits per heavy atom. The SMILES string of the molecule is CCOC(=O)c1c(NC(=O)C(C)Sc2nc3c(cnn3-c3ccc(C)cc3)c(=O)[nH]2)sc2c1CCC2. The molecule has 9 nitrogen and oxygen atoms in total. The van der Waals surface area contributed by atoms with Crippen LogP contribution in [0, 0.1) is 6.92 Å². The van der Waals surface area contributed by atoms with E-state index >= 15 is 0 Å². The molecule has 0 aliphatic heterocycles. The van der Waals surface area contributed by atoms with Crippen LogP contribution >= 0.6 is 23.1 Å². The number of thioether (sulfide) groups is 1. The van der Waals surface area contributed by atoms with E-state index in [2.05, 4.69) is 20.4 Å². The van der Waals surface area contributed by atoms with E-state index in [0.717, 1.165) is 52.7 Å². The third kappa shape index (κ3) is 4.56. The highest BCUT2D eigenvalue weighted by Crippen LogP contribution is 2.40. The maximum absolute atomic E-state index is 13.1. The molecule has 0 fully saturated rings. The molecule has 1 atom stereocenters. The van der Waals surface area contributed by atoms with E-state index in [1.165, 1.54) is 17.5 Å². The van der Waals surface area contributed by atoms with Gasteiger partial charge in [0.2, 0.25) is 5.91 Å². The van der Waals surface area contributed by atoms with Crippen molar-refractivity contribution in [3.05, 3.63) is 62.4 Å². The fourth-order valence-electron chi connectivity index (χ4n) is 4.18. The van der Waals surface area contributed by atoms with Gasteiger partial charge in [-0.15, -0.1) is 11.3 Å². The topological polar surface area (TPSA) is 119 Å². The van der Waals surface area contributed by atoms with E-state index in [0.29, 0.717) is 26.8 Å². The molecule has 0 saturated carbocycles. The predicted molar refractivity (Wildman–Crippen MR) is 140 cm³/mol. The second kappa shape index (κ2) is 9.90. The molecule has 1 unspecified atom stereocenters. The Bertz CT molecular complexity index is 1520. The second-order valence-electron chi connectivity index (χ2n) is 8.53. The first-order valence-corrected chi connectivity index (χ1v) is 13.4. The van der Waals surface area contributed by atoms with E-state index in [-0.39, 0.29) is 18.1 Å². The zero-order valence-corrected chi connectivity index (χ0v) is 21.7. The molecule has 186 valence electrons. The van der Waals surface area contributed by atoms with Crippen LogP contribution in [-0.4, -0.2) is 43.5 Å². The number of esters is 1. The number of H-pyrrole nitrogens is 1. The van der Waals surface area contributed by atoms with Crippen LogP contribution in [0.3, 0.4) is 0 Å². The van der Waals surface area contributed by atoms with Crippen molar-refractivity contribution in [3.8, 4) is 5.69 Å². The molecule has 0 radical (unpaired) electrons. The quantitative estimate of drug-likeness (QED) is 0.211. The average molecular weight is 524 g/mol. The molecular formula is C25H25N5O4S2. The van der Waals surface area contributed by atoms with Gasteiger partial charge in [0.15, 0.2) is 10.8 Å². The number of aromatic amines is 1. The zero-order valence-electron chi connectivity index (χ0n) is 20.1. The van der Waals surface area contributed by atoms with Gasteiger partial charge in [-0.3, -0.25) is 9.59 Å². The first-order chi connectivity index (χ1) is 17.4. The van der Waals surface area contributed by atoms with Crippen LogP contribution in [-0.2, 0) is 22.4 Å². The highest BCUT2D eigenvalue weighted by Gasteiger charge is 2.29. The van der Waals surface area contributed by atoms with Gasteiger partial charge in [-0.25, -0.2) is 14.5 Å². The number of nitrogens with zero attached hydrogens (tertiary/aromatic N) is 3. The number of aryl methyl sites for hydroxylation is 2. The molecule has 0 spiro atoms. The van der Waals surface area contributed by atoms with E-state index in [1.807, 2.05) is 31.2 Å². The number of ether oxygens (including phenoxy) is 1. The Kier molecular flexibility index (Phi) is 6.67. The lowest BCUT2D eigenvalue weighted by atomic mass is 10.1. The minimum Gasteiger partial charge on any atom is -0.462 e. The molecule has 5 rings (SSSR count). The lowest BCUT2D eigenvalue weighted by Gasteiger charge is -2.12. The Balaban J connectivity index is 1.38. The zero-order chi connectivity index (χ0) is 25.4. The van der Waals surface area contributed by atoms with Gasteiger partial charge in [0.05, 0.1) is 29.3 Å². The normalized spacial score (nSPS) is 13.5. The summed E-state index contributed by atoms with van der Waals surface area (Å²) >= 11 is 2.57. The van der Waals surface area contributed by atoms with Gasteiger partial charge < -0.3 is 15.0 Å². The van der Waals surface area contributed by atoms with Crippen molar-refractivity contribution in [2.45, 2.75) is 50.4 Å². The molecule has 3 aromatic heterocycles. The Labute approximate surface area is 215 Å². The molecule has 0 bridgehead atoms. The number of carbonyl (C=O) groups is 2. The first kappa shape index (κ1) is 24.3. The molecule has 1 aliphatic rings. The maximum Gasteiger partial charge on any atom is 0.341 e. The van der Waals surface area contributed by atoms with Crippen molar-refractivity contribution >= 4 is 51.0 Å². The summed E-state index contributed by atoms with van der Waals surface area (Å²) in [6.45, 7) is 5.75. The van der Waals surface area contributed by atoms with Crippen molar-refractivity contribution in [3.63, 3.8) is 0 Å². The summed E-state index contributed by atoms with van der Waals surface area (Å²) in [5.41, 5.74) is 3.43. The van der Waals surface area contributed by atoms with Gasteiger partial charge in [-0.2, -0.15) is 5.10 Å². The Morgan fingerprint density at radius 1 is 1.28 bits per heavy atom. The summed E-state index contributed by atoms with van der Waals surface area (Å²) in [5.74, 6) is -0.700. The third-order valence-corrected chi connectivity index (χ3v) is 8.18. The van der Waals surface area contributed by atoms with Crippen LogP contribution in [0.4, 0.5) is 5.00 Å². The average Bonchev–Trinajstić information content (AvgIpc) is 3.54. The van der Waals surface area contributed by atoms with Crippen LogP contribution < -0.4 is 10.9 Å². The number of carbonyl (C=O) groups excluding carboxylic acids is 2. The molecule has 11 heteroatoms. The maximum atomic E-state index is 13.1. The number of hydrogen-bond donors (Lipinski definition) is 2. The smallest absolute Gasteiger partial charge is 0.341 e. The summed E-state index contributed by atoms with van der Waals surface area (Å²) in [7, 11) is 0. The second-order valence-corrected chi connectivity index (χ2v) is 11.0. The van der Waals surface area contributed by atoms with Crippen molar-refractivity contribution < 1.29 is 14.3 Å². The molecular weight excluding hydrogens is 498 g/mol. The van der Waals surface area contributed by atoms with Gasteiger partial charge in [-0.1, -0.05) is 29.5 Å². The number of nitrogens with one attached hydrogen (secondary N) is 2. The standard InChI is InChI=1S/C25H25N5O4S2/c1-4-34-24(33)19-16-6-5-7-18(16)36-23(19)28-21(31)14(3)35-25-27-20-17(22(32)29-25)12-26-30(20)15-10-8-13(2)9-11-15/h8-12,14H,4-7H2,1-3H3,(H,28,31)(H,27,29,32). The van der Waals surface area contributed by atoms with Gasteiger partial charge in [0.25, 0.3) is 5.56 Å². The molecule has 3 heterocycles. The van der Waals surface area contributed by atoms with E-state index in [1.54, 1.807) is 18.5 Å². The monoisotopic (exact) mass is 523 g/mol. The third-order valence-electron chi connectivity index (χ3n) is 5.99. The summed E-state index contributed by atoms with van der Waals surface area (Å²) in [6, 6.07) is 7.74. The number of benzene rings is 1. The molecule has 1 aromatic carbocycles. The van der Waals surface area contributed by atoms with Crippen molar-refractivity contribution in [2.75, 3.05) is 11.9 Å². The number of fused-ring (bicyclic) bond motifs is 2. The Hall–Kier alpha value is -3.44. The minimum atomic E-state index is -0.590. The number of hydrogen-bond acceptors (Lipinski definition) is 8. The highest BCUT2D eigenvalue weighted by molar-refractivity contribution is 8.00. The molecule has 1 aliphatic carbocycles. The number of aromatic nitrogens is 4. The summed E-state index contributed by atoms with van der Waals surface area (Å²) < 4.78 is 6.85. The van der Waals surface area contributed by atoms with Gasteiger partial charge in [-0.05, 0) is 57.7 Å². The fraction of sp³-hybridized carbons (Fsp3) is 0.320.